The third kappa shape index (κ3) is 3.09. The van der Waals surface area contributed by atoms with Crippen molar-refractivity contribution in [2.75, 3.05) is 25.0 Å². The van der Waals surface area contributed by atoms with Gasteiger partial charge in [0, 0.05) is 31.9 Å². The van der Waals surface area contributed by atoms with Crippen molar-refractivity contribution in [3.63, 3.8) is 0 Å². The van der Waals surface area contributed by atoms with Gasteiger partial charge in [0.15, 0.2) is 0 Å². The molecule has 0 spiro atoms. The number of rotatable bonds is 6. The van der Waals surface area contributed by atoms with Crippen molar-refractivity contribution in [3.8, 4) is 0 Å². The van der Waals surface area contributed by atoms with E-state index in [2.05, 4.69) is 10.0 Å². The molecule has 1 aromatic rings. The van der Waals surface area contributed by atoms with Crippen molar-refractivity contribution < 1.29 is 13.2 Å². The predicted octanol–water partition coefficient (Wildman–Crippen LogP) is 0.236. The first-order valence-electron chi connectivity index (χ1n) is 7.10. The fourth-order valence-electron chi connectivity index (χ4n) is 2.45. The van der Waals surface area contributed by atoms with Crippen LogP contribution in [0.1, 0.15) is 18.4 Å². The van der Waals surface area contributed by atoms with E-state index in [0.29, 0.717) is 19.1 Å². The molecule has 1 aliphatic heterocycles. The van der Waals surface area contributed by atoms with E-state index in [1.54, 1.807) is 30.1 Å². The zero-order chi connectivity index (χ0) is 15.0. The van der Waals surface area contributed by atoms with Crippen LogP contribution >= 0.6 is 0 Å². The summed E-state index contributed by atoms with van der Waals surface area (Å²) in [6.45, 7) is 1.00. The first-order chi connectivity index (χ1) is 9.97. The van der Waals surface area contributed by atoms with E-state index in [1.807, 2.05) is 0 Å². The van der Waals surface area contributed by atoms with Gasteiger partial charge in [-0.25, -0.2) is 13.1 Å². The van der Waals surface area contributed by atoms with Crippen molar-refractivity contribution >= 4 is 21.6 Å². The van der Waals surface area contributed by atoms with E-state index < -0.39 is 10.0 Å². The maximum atomic E-state index is 12.2. The van der Waals surface area contributed by atoms with Gasteiger partial charge >= 0.3 is 0 Å². The van der Waals surface area contributed by atoms with Crippen molar-refractivity contribution in [1.82, 2.24) is 10.0 Å². The molecule has 21 heavy (non-hydrogen) atoms. The monoisotopic (exact) mass is 309 g/mol. The van der Waals surface area contributed by atoms with Crippen LogP contribution in [0.5, 0.6) is 0 Å². The molecule has 3 rings (SSSR count). The zero-order valence-corrected chi connectivity index (χ0v) is 12.7. The summed E-state index contributed by atoms with van der Waals surface area (Å²) in [7, 11) is -1.82. The molecule has 1 heterocycles. The maximum Gasteiger partial charge on any atom is 0.240 e. The second-order valence-corrected chi connectivity index (χ2v) is 7.31. The molecule has 1 amide bonds. The van der Waals surface area contributed by atoms with E-state index in [4.69, 9.17) is 0 Å². The van der Waals surface area contributed by atoms with Gasteiger partial charge in [0.25, 0.3) is 0 Å². The van der Waals surface area contributed by atoms with E-state index in [1.165, 1.54) is 12.8 Å². The Hall–Kier alpha value is -1.44. The number of hydrogen-bond acceptors (Lipinski definition) is 4. The normalized spacial score (nSPS) is 18.1. The Bertz CT molecular complexity index is 668. The summed E-state index contributed by atoms with van der Waals surface area (Å²) < 4.78 is 27.0. The second-order valence-electron chi connectivity index (χ2n) is 5.55. The van der Waals surface area contributed by atoms with Gasteiger partial charge in [0.1, 0.15) is 0 Å². The first kappa shape index (κ1) is 14.5. The summed E-state index contributed by atoms with van der Waals surface area (Å²) >= 11 is 0. The lowest BCUT2D eigenvalue weighted by Gasteiger charge is -2.11. The van der Waals surface area contributed by atoms with Gasteiger partial charge in [-0.05, 0) is 36.6 Å². The van der Waals surface area contributed by atoms with Crippen LogP contribution in [0.2, 0.25) is 0 Å². The number of amides is 1. The fourth-order valence-corrected chi connectivity index (χ4v) is 3.53. The number of sulfonamides is 1. The Morgan fingerprint density at radius 2 is 2.05 bits per heavy atom. The average molecular weight is 309 g/mol. The van der Waals surface area contributed by atoms with E-state index in [0.717, 1.165) is 11.3 Å². The Morgan fingerprint density at radius 3 is 2.76 bits per heavy atom. The van der Waals surface area contributed by atoms with Gasteiger partial charge in [-0.3, -0.25) is 4.79 Å². The Balaban J connectivity index is 1.67. The van der Waals surface area contributed by atoms with Crippen LogP contribution in [-0.2, 0) is 21.2 Å². The van der Waals surface area contributed by atoms with Crippen molar-refractivity contribution in [2.45, 2.75) is 30.2 Å². The number of carbonyl (C=O) groups excluding carboxylic acids is 1. The van der Waals surface area contributed by atoms with Gasteiger partial charge in [-0.15, -0.1) is 0 Å². The quantitative estimate of drug-likeness (QED) is 0.738. The highest BCUT2D eigenvalue weighted by atomic mass is 32.2. The van der Waals surface area contributed by atoms with Crippen LogP contribution in [0, 0.1) is 0 Å². The number of likely N-dealkylation sites (N-methyl/N-ethyl adjacent to an activating group) is 1. The largest absolute Gasteiger partial charge is 0.315 e. The number of fused-ring (bicyclic) bond motifs is 1. The molecule has 1 aromatic carbocycles. The standard InChI is InChI=1S/C14H19N3O3S/c1-17-13-5-4-12(8-10(13)9-14(17)18)21(19,20)16-7-6-15-11-2-3-11/h4-5,8,11,15-16H,2-3,6-7,9H2,1H3. The number of anilines is 1. The summed E-state index contributed by atoms with van der Waals surface area (Å²) in [5, 5.41) is 3.26. The number of carbonyl (C=O) groups is 1. The van der Waals surface area contributed by atoms with Crippen LogP contribution in [0.4, 0.5) is 5.69 Å². The Kier molecular flexibility index (Phi) is 3.73. The van der Waals surface area contributed by atoms with Crippen LogP contribution < -0.4 is 14.9 Å². The minimum absolute atomic E-state index is 0.0128. The third-order valence-corrected chi connectivity index (χ3v) is 5.32. The average Bonchev–Trinajstić information content (AvgIpc) is 3.22. The highest BCUT2D eigenvalue weighted by Gasteiger charge is 2.26. The predicted molar refractivity (Wildman–Crippen MR) is 79.8 cm³/mol. The summed E-state index contributed by atoms with van der Waals surface area (Å²) in [5.74, 6) is -0.0128. The van der Waals surface area contributed by atoms with Crippen LogP contribution in [0.25, 0.3) is 0 Å². The molecule has 1 aliphatic carbocycles. The molecular formula is C14H19N3O3S. The van der Waals surface area contributed by atoms with Gasteiger partial charge in [-0.1, -0.05) is 0 Å². The van der Waals surface area contributed by atoms with Gasteiger partial charge < -0.3 is 10.2 Å². The molecule has 7 heteroatoms. The van der Waals surface area contributed by atoms with Gasteiger partial charge in [0.05, 0.1) is 11.3 Å². The molecule has 2 aliphatic rings. The molecule has 1 saturated carbocycles. The molecule has 0 bridgehead atoms. The summed E-state index contributed by atoms with van der Waals surface area (Å²) in [6, 6.07) is 5.39. The van der Waals surface area contributed by atoms with Crippen LogP contribution in [0.3, 0.4) is 0 Å². The lowest BCUT2D eigenvalue weighted by atomic mass is 10.2. The second kappa shape index (κ2) is 5.40. The van der Waals surface area contributed by atoms with Crippen LogP contribution in [-0.4, -0.2) is 40.5 Å². The highest BCUT2D eigenvalue weighted by Crippen LogP contribution is 2.29. The van der Waals surface area contributed by atoms with E-state index in [-0.39, 0.29) is 17.2 Å². The van der Waals surface area contributed by atoms with Gasteiger partial charge in [0.2, 0.25) is 15.9 Å². The molecule has 0 unspecified atom stereocenters. The minimum Gasteiger partial charge on any atom is -0.315 e. The number of nitrogens with zero attached hydrogens (tertiary/aromatic N) is 1. The molecule has 1 fully saturated rings. The molecule has 0 radical (unpaired) electrons. The summed E-state index contributed by atoms with van der Waals surface area (Å²) in [6.07, 6.45) is 2.62. The van der Waals surface area contributed by atoms with Crippen molar-refractivity contribution in [3.05, 3.63) is 23.8 Å². The SMILES string of the molecule is CN1C(=O)Cc2cc(S(=O)(=O)NCCNC3CC3)ccc21. The summed E-state index contributed by atoms with van der Waals surface area (Å²) in [5.41, 5.74) is 1.55. The Labute approximate surface area is 124 Å². The lowest BCUT2D eigenvalue weighted by Crippen LogP contribution is -2.32. The molecular weight excluding hydrogens is 290 g/mol. The van der Waals surface area contributed by atoms with Crippen LogP contribution in [0.15, 0.2) is 23.1 Å². The zero-order valence-electron chi connectivity index (χ0n) is 11.9. The molecule has 2 N–H and O–H groups in total. The topological polar surface area (TPSA) is 78.5 Å². The number of benzene rings is 1. The lowest BCUT2D eigenvalue weighted by molar-refractivity contribution is -0.117. The molecule has 6 nitrogen and oxygen atoms in total. The van der Waals surface area contributed by atoms with E-state index >= 15 is 0 Å². The third-order valence-electron chi connectivity index (χ3n) is 3.87. The fraction of sp³-hybridized carbons (Fsp3) is 0.500. The number of nitrogens with one attached hydrogen (secondary N) is 2. The van der Waals surface area contributed by atoms with Crippen molar-refractivity contribution in [1.29, 1.82) is 0 Å². The highest BCUT2D eigenvalue weighted by molar-refractivity contribution is 7.89. The molecule has 0 saturated heterocycles. The smallest absolute Gasteiger partial charge is 0.240 e. The van der Waals surface area contributed by atoms with E-state index in [9.17, 15) is 13.2 Å². The van der Waals surface area contributed by atoms with Gasteiger partial charge in [-0.2, -0.15) is 0 Å². The first-order valence-corrected chi connectivity index (χ1v) is 8.58. The summed E-state index contributed by atoms with van der Waals surface area (Å²) in [4.78, 5) is 13.4. The molecule has 0 aromatic heterocycles. The number of hydrogen-bond donors (Lipinski definition) is 2. The Morgan fingerprint density at radius 1 is 1.29 bits per heavy atom. The molecule has 0 atom stereocenters. The van der Waals surface area contributed by atoms with Crippen molar-refractivity contribution in [2.24, 2.45) is 0 Å². The maximum absolute atomic E-state index is 12.2. The molecule has 114 valence electrons. The minimum atomic E-state index is -3.51.